The smallest absolute Gasteiger partial charge is 0.226 e. The number of nitrogens with one attached hydrogen (secondary N) is 2. The lowest BCUT2D eigenvalue weighted by Gasteiger charge is -2.04. The van der Waals surface area contributed by atoms with Gasteiger partial charge in [-0.1, -0.05) is 55.1 Å². The second-order valence-electron chi connectivity index (χ2n) is 3.76. The Kier molecular flexibility index (Phi) is 6.87. The number of carbonyl (C=O) groups excluding carboxylic acids is 1. The highest BCUT2D eigenvalue weighted by Crippen LogP contribution is 2.05. The lowest BCUT2D eigenvalue weighted by Crippen LogP contribution is -2.27. The van der Waals surface area contributed by atoms with Gasteiger partial charge in [0.2, 0.25) is 5.91 Å². The minimum absolute atomic E-state index is 0.110. The number of benzene rings is 1. The van der Waals surface area contributed by atoms with Crippen LogP contribution in [-0.2, 0) is 11.2 Å². The van der Waals surface area contributed by atoms with E-state index < -0.39 is 0 Å². The highest BCUT2D eigenvalue weighted by molar-refractivity contribution is 8.16. The fraction of sp³-hybridized carbons (Fsp3) is 0.286. The molecule has 0 aromatic heterocycles. The Balaban J connectivity index is 2.25. The van der Waals surface area contributed by atoms with Crippen molar-refractivity contribution in [3.05, 3.63) is 47.4 Å². The van der Waals surface area contributed by atoms with Crippen LogP contribution in [0.5, 0.6) is 0 Å². The standard InChI is InChI=1S/C14H18N2OS/c1-2-3-11-18-14(15)16-13(17)10-9-12-7-5-4-6-8-12/h3-8,11H,2,9-10H2,1H3,(H2,15,16,17)/b11-3+. The number of hydrogen-bond acceptors (Lipinski definition) is 3. The Labute approximate surface area is 112 Å². The van der Waals surface area contributed by atoms with Gasteiger partial charge in [-0.3, -0.25) is 10.2 Å². The quantitative estimate of drug-likeness (QED) is 0.631. The van der Waals surface area contributed by atoms with Crippen molar-refractivity contribution in [2.75, 3.05) is 0 Å². The van der Waals surface area contributed by atoms with E-state index >= 15 is 0 Å². The van der Waals surface area contributed by atoms with Gasteiger partial charge in [0, 0.05) is 6.42 Å². The summed E-state index contributed by atoms with van der Waals surface area (Å²) >= 11 is 1.22. The molecule has 96 valence electrons. The molecule has 0 bridgehead atoms. The van der Waals surface area contributed by atoms with Gasteiger partial charge in [0.25, 0.3) is 0 Å². The molecule has 0 fully saturated rings. The predicted molar refractivity (Wildman–Crippen MR) is 77.7 cm³/mol. The zero-order valence-corrected chi connectivity index (χ0v) is 11.3. The van der Waals surface area contributed by atoms with Crippen molar-refractivity contribution in [1.82, 2.24) is 5.32 Å². The molecule has 2 N–H and O–H groups in total. The molecule has 0 spiro atoms. The molecule has 0 aliphatic heterocycles. The minimum atomic E-state index is -0.110. The first-order valence-corrected chi connectivity index (χ1v) is 6.84. The third-order valence-corrected chi connectivity index (χ3v) is 2.92. The Morgan fingerprint density at radius 3 is 2.78 bits per heavy atom. The topological polar surface area (TPSA) is 53.0 Å². The highest BCUT2D eigenvalue weighted by Gasteiger charge is 2.04. The van der Waals surface area contributed by atoms with Crippen LogP contribution < -0.4 is 5.32 Å². The first-order chi connectivity index (χ1) is 8.72. The number of amidine groups is 1. The maximum absolute atomic E-state index is 11.6. The van der Waals surface area contributed by atoms with E-state index in [1.807, 2.05) is 48.7 Å². The molecular weight excluding hydrogens is 244 g/mol. The van der Waals surface area contributed by atoms with Gasteiger partial charge in [-0.2, -0.15) is 0 Å². The second-order valence-corrected chi connectivity index (χ2v) is 4.68. The van der Waals surface area contributed by atoms with Gasteiger partial charge in [-0.15, -0.1) is 0 Å². The normalized spacial score (nSPS) is 10.5. The third-order valence-electron chi connectivity index (χ3n) is 2.25. The number of aryl methyl sites for hydroxylation is 1. The third kappa shape index (κ3) is 6.25. The minimum Gasteiger partial charge on any atom is -0.305 e. The average molecular weight is 262 g/mol. The SMILES string of the molecule is CC/C=C/SC(=N)NC(=O)CCc1ccccc1. The fourth-order valence-electron chi connectivity index (χ4n) is 1.33. The maximum Gasteiger partial charge on any atom is 0.226 e. The van der Waals surface area contributed by atoms with Gasteiger partial charge in [0.1, 0.15) is 0 Å². The summed E-state index contributed by atoms with van der Waals surface area (Å²) in [6.45, 7) is 2.03. The number of hydrogen-bond donors (Lipinski definition) is 2. The van der Waals surface area contributed by atoms with E-state index in [2.05, 4.69) is 5.32 Å². The van der Waals surface area contributed by atoms with E-state index in [1.165, 1.54) is 11.8 Å². The molecule has 0 aliphatic rings. The summed E-state index contributed by atoms with van der Waals surface area (Å²) < 4.78 is 0. The van der Waals surface area contributed by atoms with Crippen molar-refractivity contribution in [3.63, 3.8) is 0 Å². The van der Waals surface area contributed by atoms with Gasteiger partial charge >= 0.3 is 0 Å². The number of thioether (sulfide) groups is 1. The van der Waals surface area contributed by atoms with Crippen molar-refractivity contribution in [2.45, 2.75) is 26.2 Å². The van der Waals surface area contributed by atoms with Gasteiger partial charge < -0.3 is 5.32 Å². The molecule has 0 atom stereocenters. The first-order valence-electron chi connectivity index (χ1n) is 5.96. The molecule has 1 amide bonds. The summed E-state index contributed by atoms with van der Waals surface area (Å²) in [6, 6.07) is 9.87. The van der Waals surface area contributed by atoms with Crippen LogP contribution >= 0.6 is 11.8 Å². The van der Waals surface area contributed by atoms with E-state index in [0.717, 1.165) is 12.0 Å². The van der Waals surface area contributed by atoms with Crippen molar-refractivity contribution >= 4 is 22.8 Å². The molecule has 0 unspecified atom stereocenters. The van der Waals surface area contributed by atoms with Crippen LogP contribution in [0.15, 0.2) is 41.8 Å². The molecule has 0 aliphatic carbocycles. The lowest BCUT2D eigenvalue weighted by molar-refractivity contribution is -0.119. The molecule has 4 heteroatoms. The van der Waals surface area contributed by atoms with Crippen LogP contribution in [0.1, 0.15) is 25.3 Å². The molecule has 0 radical (unpaired) electrons. The van der Waals surface area contributed by atoms with Crippen LogP contribution in [0.4, 0.5) is 0 Å². The summed E-state index contributed by atoms with van der Waals surface area (Å²) in [5.74, 6) is -0.110. The van der Waals surface area contributed by atoms with Crippen LogP contribution in [0, 0.1) is 5.41 Å². The molecule has 1 rings (SSSR count). The summed E-state index contributed by atoms with van der Waals surface area (Å²) in [7, 11) is 0. The van der Waals surface area contributed by atoms with Crippen LogP contribution in [-0.4, -0.2) is 11.1 Å². The van der Waals surface area contributed by atoms with Crippen molar-refractivity contribution in [1.29, 1.82) is 5.41 Å². The number of amides is 1. The molecule has 0 saturated carbocycles. The summed E-state index contributed by atoms with van der Waals surface area (Å²) in [5, 5.41) is 12.1. The largest absolute Gasteiger partial charge is 0.305 e. The Bertz CT molecular complexity index is 415. The summed E-state index contributed by atoms with van der Waals surface area (Å²) in [4.78, 5) is 11.6. The predicted octanol–water partition coefficient (Wildman–Crippen LogP) is 3.33. The van der Waals surface area contributed by atoms with Gasteiger partial charge in [-0.05, 0) is 23.8 Å². The molecule has 1 aromatic rings. The van der Waals surface area contributed by atoms with Crippen molar-refractivity contribution in [3.8, 4) is 0 Å². The Hall–Kier alpha value is -1.55. The Morgan fingerprint density at radius 2 is 2.11 bits per heavy atom. The molecule has 1 aromatic carbocycles. The van der Waals surface area contributed by atoms with Gasteiger partial charge in [0.15, 0.2) is 5.17 Å². The lowest BCUT2D eigenvalue weighted by atomic mass is 10.1. The number of carbonyl (C=O) groups is 1. The molecule has 0 saturated heterocycles. The van der Waals surface area contributed by atoms with Gasteiger partial charge in [-0.25, -0.2) is 0 Å². The molecular formula is C14H18N2OS. The zero-order valence-electron chi connectivity index (χ0n) is 10.5. The maximum atomic E-state index is 11.6. The van der Waals surface area contributed by atoms with E-state index in [9.17, 15) is 4.79 Å². The fourth-order valence-corrected chi connectivity index (χ4v) is 1.93. The molecule has 3 nitrogen and oxygen atoms in total. The van der Waals surface area contributed by atoms with E-state index in [0.29, 0.717) is 12.8 Å². The average Bonchev–Trinajstić information content (AvgIpc) is 2.38. The molecule has 18 heavy (non-hydrogen) atoms. The second kappa shape index (κ2) is 8.53. The summed E-state index contributed by atoms with van der Waals surface area (Å²) in [6.07, 6.45) is 4.00. The first kappa shape index (κ1) is 14.5. The van der Waals surface area contributed by atoms with E-state index in [-0.39, 0.29) is 11.1 Å². The Morgan fingerprint density at radius 1 is 1.39 bits per heavy atom. The monoisotopic (exact) mass is 262 g/mol. The summed E-state index contributed by atoms with van der Waals surface area (Å²) in [5.41, 5.74) is 1.14. The van der Waals surface area contributed by atoms with Gasteiger partial charge in [0.05, 0.1) is 0 Å². The van der Waals surface area contributed by atoms with Crippen LogP contribution in [0.25, 0.3) is 0 Å². The number of rotatable bonds is 5. The van der Waals surface area contributed by atoms with Crippen molar-refractivity contribution in [2.24, 2.45) is 0 Å². The van der Waals surface area contributed by atoms with Crippen molar-refractivity contribution < 1.29 is 4.79 Å². The zero-order chi connectivity index (χ0) is 13.2. The molecule has 0 heterocycles. The van der Waals surface area contributed by atoms with Crippen LogP contribution in [0.3, 0.4) is 0 Å². The highest BCUT2D eigenvalue weighted by atomic mass is 32.2. The number of allylic oxidation sites excluding steroid dienone is 1. The van der Waals surface area contributed by atoms with Crippen LogP contribution in [0.2, 0.25) is 0 Å². The van der Waals surface area contributed by atoms with E-state index in [4.69, 9.17) is 5.41 Å². The van der Waals surface area contributed by atoms with E-state index in [1.54, 1.807) is 0 Å².